The number of aromatic nitrogens is 1. The second-order valence-electron chi connectivity index (χ2n) is 3.78. The topological polar surface area (TPSA) is 60.2 Å². The first-order valence-corrected chi connectivity index (χ1v) is 5.38. The lowest BCUT2D eigenvalue weighted by molar-refractivity contribution is -0.137. The third kappa shape index (κ3) is 3.35. The highest BCUT2D eigenvalue weighted by atomic mass is 19.4. The maximum Gasteiger partial charge on any atom is 0.416 e. The normalized spacial score (nSPS) is 11.2. The van der Waals surface area contributed by atoms with Crippen LogP contribution in [-0.2, 0) is 6.18 Å². The van der Waals surface area contributed by atoms with E-state index in [9.17, 15) is 17.6 Å². The summed E-state index contributed by atoms with van der Waals surface area (Å²) >= 11 is 0. The number of alkyl halides is 3. The molecule has 0 saturated heterocycles. The fourth-order valence-corrected chi connectivity index (χ4v) is 1.42. The zero-order valence-corrected chi connectivity index (χ0v) is 9.91. The number of hydrogen-bond acceptors (Lipinski definition) is 4. The van der Waals surface area contributed by atoms with Crippen molar-refractivity contribution in [2.75, 3.05) is 5.43 Å². The second-order valence-corrected chi connectivity index (χ2v) is 3.78. The van der Waals surface area contributed by atoms with Crippen LogP contribution in [0.25, 0.3) is 0 Å². The molecule has 2 aromatic rings. The molecule has 1 heterocycles. The van der Waals surface area contributed by atoms with E-state index in [1.807, 2.05) is 5.43 Å². The number of nitrogen functional groups attached to an aromatic ring is 1. The number of hydrazine groups is 1. The second kappa shape index (κ2) is 5.33. The summed E-state index contributed by atoms with van der Waals surface area (Å²) in [6.07, 6.45) is -4.56. The Labute approximate surface area is 111 Å². The van der Waals surface area contributed by atoms with Gasteiger partial charge in [0.2, 0.25) is 5.88 Å². The minimum atomic E-state index is -4.56. The Bertz CT molecular complexity index is 599. The van der Waals surface area contributed by atoms with Gasteiger partial charge in [-0.05, 0) is 30.3 Å². The molecular formula is C12H9F4N3O. The summed E-state index contributed by atoms with van der Waals surface area (Å²) in [7, 11) is 0. The first kappa shape index (κ1) is 14.1. The first-order valence-electron chi connectivity index (χ1n) is 5.38. The van der Waals surface area contributed by atoms with E-state index >= 15 is 0 Å². The summed E-state index contributed by atoms with van der Waals surface area (Å²) in [5.74, 6) is 4.22. The highest BCUT2D eigenvalue weighted by Crippen LogP contribution is 2.33. The zero-order chi connectivity index (χ0) is 14.8. The van der Waals surface area contributed by atoms with E-state index < -0.39 is 17.6 Å². The Kier molecular flexibility index (Phi) is 3.75. The summed E-state index contributed by atoms with van der Waals surface area (Å²) in [5.41, 5.74) is 1.06. The van der Waals surface area contributed by atoms with Gasteiger partial charge in [0.1, 0.15) is 17.4 Å². The minimum absolute atomic E-state index is 0.154. The monoisotopic (exact) mass is 287 g/mol. The number of anilines is 1. The zero-order valence-electron chi connectivity index (χ0n) is 9.91. The van der Waals surface area contributed by atoms with Crippen LogP contribution in [0.4, 0.5) is 23.4 Å². The lowest BCUT2D eigenvalue weighted by Gasteiger charge is -2.11. The number of benzene rings is 1. The lowest BCUT2D eigenvalue weighted by atomic mass is 10.2. The molecule has 0 aliphatic heterocycles. The van der Waals surface area contributed by atoms with E-state index in [1.165, 1.54) is 12.1 Å². The number of nitrogens with one attached hydrogen (secondary N) is 1. The first-order chi connectivity index (χ1) is 9.38. The van der Waals surface area contributed by atoms with Crippen LogP contribution in [0.5, 0.6) is 11.6 Å². The van der Waals surface area contributed by atoms with Gasteiger partial charge in [-0.15, -0.1) is 0 Å². The summed E-state index contributed by atoms with van der Waals surface area (Å²) in [6, 6.07) is 6.25. The third-order valence-electron chi connectivity index (χ3n) is 2.31. The van der Waals surface area contributed by atoms with Crippen LogP contribution in [0.2, 0.25) is 0 Å². The van der Waals surface area contributed by atoms with Gasteiger partial charge >= 0.3 is 6.18 Å². The molecule has 106 valence electrons. The van der Waals surface area contributed by atoms with Crippen LogP contribution in [0.3, 0.4) is 0 Å². The van der Waals surface area contributed by atoms with E-state index in [0.717, 1.165) is 24.3 Å². The predicted octanol–water partition coefficient (Wildman–Crippen LogP) is 3.32. The van der Waals surface area contributed by atoms with E-state index in [2.05, 4.69) is 4.98 Å². The molecule has 1 aromatic heterocycles. The van der Waals surface area contributed by atoms with Gasteiger partial charge in [-0.3, -0.25) is 0 Å². The maximum absolute atomic E-state index is 12.7. The van der Waals surface area contributed by atoms with Gasteiger partial charge in [0.15, 0.2) is 0 Å². The quantitative estimate of drug-likeness (QED) is 0.516. The molecule has 0 atom stereocenters. The fraction of sp³-hybridized carbons (Fsp3) is 0.0833. The van der Waals surface area contributed by atoms with Gasteiger partial charge in [0.25, 0.3) is 0 Å². The van der Waals surface area contributed by atoms with Crippen molar-refractivity contribution in [2.45, 2.75) is 6.18 Å². The molecule has 0 saturated carbocycles. The van der Waals surface area contributed by atoms with Crippen molar-refractivity contribution in [3.05, 3.63) is 47.8 Å². The van der Waals surface area contributed by atoms with Gasteiger partial charge in [0, 0.05) is 6.07 Å². The maximum atomic E-state index is 12.7. The Balaban J connectivity index is 2.33. The molecule has 8 heteroatoms. The molecule has 0 radical (unpaired) electrons. The van der Waals surface area contributed by atoms with Gasteiger partial charge in [-0.25, -0.2) is 10.2 Å². The molecule has 3 N–H and O–H groups in total. The molecule has 20 heavy (non-hydrogen) atoms. The number of halogens is 4. The Morgan fingerprint density at radius 3 is 2.30 bits per heavy atom. The third-order valence-corrected chi connectivity index (χ3v) is 2.31. The van der Waals surface area contributed by atoms with Crippen molar-refractivity contribution in [3.8, 4) is 11.6 Å². The van der Waals surface area contributed by atoms with Gasteiger partial charge < -0.3 is 10.2 Å². The number of nitrogens with two attached hydrogens (primary N) is 1. The Hall–Kier alpha value is -2.35. The summed E-state index contributed by atoms with van der Waals surface area (Å²) in [4.78, 5) is 3.73. The molecule has 0 unspecified atom stereocenters. The lowest BCUT2D eigenvalue weighted by Crippen LogP contribution is -2.12. The van der Waals surface area contributed by atoms with E-state index in [4.69, 9.17) is 10.6 Å². The SMILES string of the molecule is NNc1cc(C(F)(F)F)cc(Oc2ccc(F)cc2)n1. The van der Waals surface area contributed by atoms with Gasteiger partial charge in [-0.2, -0.15) is 18.2 Å². The van der Waals surface area contributed by atoms with E-state index in [-0.39, 0.29) is 17.4 Å². The fourth-order valence-electron chi connectivity index (χ4n) is 1.42. The van der Waals surface area contributed by atoms with Crippen LogP contribution >= 0.6 is 0 Å². The summed E-state index contributed by atoms with van der Waals surface area (Å²) in [6.45, 7) is 0. The largest absolute Gasteiger partial charge is 0.439 e. The predicted molar refractivity (Wildman–Crippen MR) is 63.5 cm³/mol. The Morgan fingerprint density at radius 1 is 1.10 bits per heavy atom. The summed E-state index contributed by atoms with van der Waals surface area (Å²) in [5, 5.41) is 0. The smallest absolute Gasteiger partial charge is 0.416 e. The standard InChI is InChI=1S/C12H9F4N3O/c13-8-1-3-9(4-2-8)20-11-6-7(12(14,15)16)5-10(18-11)19-17/h1-6H,17H2,(H,18,19). The highest BCUT2D eigenvalue weighted by Gasteiger charge is 2.32. The van der Waals surface area contributed by atoms with Crippen molar-refractivity contribution in [2.24, 2.45) is 5.84 Å². The molecule has 0 fully saturated rings. The molecule has 0 bridgehead atoms. The van der Waals surface area contributed by atoms with Crippen LogP contribution in [-0.4, -0.2) is 4.98 Å². The molecule has 2 rings (SSSR count). The van der Waals surface area contributed by atoms with Crippen LogP contribution in [0.1, 0.15) is 5.56 Å². The van der Waals surface area contributed by atoms with Crippen LogP contribution < -0.4 is 16.0 Å². The molecule has 4 nitrogen and oxygen atoms in total. The van der Waals surface area contributed by atoms with Crippen molar-refractivity contribution < 1.29 is 22.3 Å². The average Bonchev–Trinajstić information content (AvgIpc) is 2.40. The number of rotatable bonds is 3. The molecule has 0 spiro atoms. The number of hydrogen-bond donors (Lipinski definition) is 2. The van der Waals surface area contributed by atoms with Crippen molar-refractivity contribution in [3.63, 3.8) is 0 Å². The van der Waals surface area contributed by atoms with Crippen molar-refractivity contribution in [1.29, 1.82) is 0 Å². The van der Waals surface area contributed by atoms with Gasteiger partial charge in [0.05, 0.1) is 5.56 Å². The van der Waals surface area contributed by atoms with Crippen molar-refractivity contribution >= 4 is 5.82 Å². The van der Waals surface area contributed by atoms with Gasteiger partial charge in [-0.1, -0.05) is 0 Å². The number of ether oxygens (including phenoxy) is 1. The highest BCUT2D eigenvalue weighted by molar-refractivity contribution is 5.42. The van der Waals surface area contributed by atoms with Crippen LogP contribution in [0, 0.1) is 5.82 Å². The molecule has 0 amide bonds. The van der Waals surface area contributed by atoms with Crippen LogP contribution in [0.15, 0.2) is 36.4 Å². The van der Waals surface area contributed by atoms with E-state index in [1.54, 1.807) is 0 Å². The number of nitrogens with zero attached hydrogens (tertiary/aromatic N) is 1. The molecule has 0 aliphatic carbocycles. The Morgan fingerprint density at radius 2 is 1.75 bits per heavy atom. The van der Waals surface area contributed by atoms with Crippen molar-refractivity contribution in [1.82, 2.24) is 4.98 Å². The molecule has 1 aromatic carbocycles. The minimum Gasteiger partial charge on any atom is -0.439 e. The number of pyridine rings is 1. The molecule has 0 aliphatic rings. The molecular weight excluding hydrogens is 278 g/mol. The average molecular weight is 287 g/mol. The summed E-state index contributed by atoms with van der Waals surface area (Å²) < 4.78 is 55.9. The van der Waals surface area contributed by atoms with E-state index in [0.29, 0.717) is 0 Å².